The number of hydrogen-bond acceptors (Lipinski definition) is 2. The summed E-state index contributed by atoms with van der Waals surface area (Å²) in [6, 6.07) is 0. The molecule has 0 saturated carbocycles. The molecule has 0 amide bonds. The first-order valence-electron chi connectivity index (χ1n) is 1.11. The predicted octanol–water partition coefficient (Wildman–Crippen LogP) is -1.67. The van der Waals surface area contributed by atoms with Crippen molar-refractivity contribution < 1.29 is 74.7 Å². The Hall–Kier alpha value is 0.484. The van der Waals surface area contributed by atoms with E-state index in [9.17, 15) is 0 Å². The third-order valence-corrected chi connectivity index (χ3v) is 0.183. The van der Waals surface area contributed by atoms with E-state index in [1.807, 2.05) is 0 Å². The summed E-state index contributed by atoms with van der Waals surface area (Å²) in [5, 5.41) is 14.8. The summed E-state index contributed by atoms with van der Waals surface area (Å²) >= 11 is 0. The largest absolute Gasteiger partial charge is 0.473 e. The molecule has 0 saturated heterocycles. The molecule has 0 aromatic carbocycles. The molecule has 5 nitrogen and oxygen atoms in total. The van der Waals surface area contributed by atoms with Crippen LogP contribution in [0.25, 0.3) is 0 Å². The molecule has 0 heterocycles. The van der Waals surface area contributed by atoms with Crippen LogP contribution in [0.1, 0.15) is 0 Å². The van der Waals surface area contributed by atoms with Gasteiger partial charge in [0.1, 0.15) is 0 Å². The molecule has 0 atom stereocenters. The SMILES string of the molecule is O.O=C(O)C(=O)O.[Eu]. The predicted molar refractivity (Wildman–Crippen MR) is 18.9 cm³/mol. The summed E-state index contributed by atoms with van der Waals surface area (Å²) in [7, 11) is 0. The topological polar surface area (TPSA) is 106 Å². The zero-order valence-corrected chi connectivity index (χ0v) is 6.01. The molecular formula is C2H4EuO5. The minimum absolute atomic E-state index is 0. The Morgan fingerprint density at radius 1 is 1.00 bits per heavy atom. The minimum Gasteiger partial charge on any atom is -0.473 e. The number of carboxylic acid groups (broad SMARTS) is 2. The van der Waals surface area contributed by atoms with Crippen LogP contribution in [0.15, 0.2) is 0 Å². The van der Waals surface area contributed by atoms with E-state index < -0.39 is 11.9 Å². The Balaban J connectivity index is -0.000000125. The summed E-state index contributed by atoms with van der Waals surface area (Å²) in [5.74, 6) is -3.65. The minimum atomic E-state index is -1.82. The molecule has 0 rings (SSSR count). The number of aliphatic carboxylic acids is 2. The molecule has 0 aliphatic carbocycles. The van der Waals surface area contributed by atoms with Gasteiger partial charge >= 0.3 is 11.9 Å². The van der Waals surface area contributed by atoms with E-state index in [0.717, 1.165) is 0 Å². The Bertz CT molecular complexity index is 76.4. The third kappa shape index (κ3) is 9.70. The molecule has 8 heavy (non-hydrogen) atoms. The Kier molecular flexibility index (Phi) is 14.8. The van der Waals surface area contributed by atoms with Gasteiger partial charge in [-0.2, -0.15) is 0 Å². The van der Waals surface area contributed by atoms with Crippen molar-refractivity contribution in [2.45, 2.75) is 0 Å². The van der Waals surface area contributed by atoms with Crippen molar-refractivity contribution in [3.63, 3.8) is 0 Å². The maximum absolute atomic E-state index is 9.10. The molecule has 0 spiro atoms. The van der Waals surface area contributed by atoms with Gasteiger partial charge in [0.2, 0.25) is 0 Å². The Morgan fingerprint density at radius 2 is 1.12 bits per heavy atom. The van der Waals surface area contributed by atoms with Crippen LogP contribution in [0.2, 0.25) is 0 Å². The molecule has 0 fully saturated rings. The molecule has 1 radical (unpaired) electrons. The molecule has 0 aliphatic heterocycles. The van der Waals surface area contributed by atoms with Crippen molar-refractivity contribution in [2.75, 3.05) is 0 Å². The molecular weight excluding hydrogens is 256 g/mol. The number of carboxylic acids is 2. The monoisotopic (exact) mass is 261 g/mol. The van der Waals surface area contributed by atoms with Gasteiger partial charge in [0.25, 0.3) is 0 Å². The molecule has 0 bridgehead atoms. The van der Waals surface area contributed by atoms with Gasteiger partial charge in [-0.05, 0) is 0 Å². The summed E-state index contributed by atoms with van der Waals surface area (Å²) in [4.78, 5) is 18.2. The van der Waals surface area contributed by atoms with E-state index in [4.69, 9.17) is 19.8 Å². The average Bonchev–Trinajstić information content (AvgIpc) is 1.36. The molecule has 49 valence electrons. The molecule has 0 aliphatic rings. The van der Waals surface area contributed by atoms with E-state index in [1.165, 1.54) is 0 Å². The van der Waals surface area contributed by atoms with Crippen LogP contribution in [0.3, 0.4) is 0 Å². The van der Waals surface area contributed by atoms with Crippen molar-refractivity contribution >= 4 is 11.9 Å². The smallest absolute Gasteiger partial charge is 0.414 e. The van der Waals surface area contributed by atoms with E-state index in [1.54, 1.807) is 0 Å². The summed E-state index contributed by atoms with van der Waals surface area (Å²) < 4.78 is 0. The normalized spacial score (nSPS) is 5.50. The van der Waals surface area contributed by atoms with Gasteiger partial charge < -0.3 is 15.7 Å². The van der Waals surface area contributed by atoms with Crippen LogP contribution in [0.4, 0.5) is 0 Å². The standard InChI is InChI=1S/C2H2O4.Eu.H2O/c3-1(4)2(5)6;;/h(H,3,4)(H,5,6);;1H2. The molecule has 0 aromatic rings. The van der Waals surface area contributed by atoms with Gasteiger partial charge in [0, 0.05) is 49.4 Å². The molecule has 4 N–H and O–H groups in total. The number of rotatable bonds is 0. The van der Waals surface area contributed by atoms with E-state index >= 15 is 0 Å². The van der Waals surface area contributed by atoms with Crippen molar-refractivity contribution in [3.8, 4) is 0 Å². The Labute approximate surface area is 85.5 Å². The van der Waals surface area contributed by atoms with Crippen LogP contribution in [-0.2, 0) is 9.59 Å². The fourth-order valence-electron chi connectivity index (χ4n) is 0. The van der Waals surface area contributed by atoms with Gasteiger partial charge in [-0.25, -0.2) is 9.59 Å². The van der Waals surface area contributed by atoms with E-state index in [-0.39, 0.29) is 54.9 Å². The van der Waals surface area contributed by atoms with Crippen LogP contribution >= 0.6 is 0 Å². The van der Waals surface area contributed by atoms with Gasteiger partial charge in [0.05, 0.1) is 0 Å². The first-order chi connectivity index (χ1) is 2.64. The second kappa shape index (κ2) is 7.48. The van der Waals surface area contributed by atoms with Crippen LogP contribution < -0.4 is 0 Å². The summed E-state index contributed by atoms with van der Waals surface area (Å²) in [5.41, 5.74) is 0. The van der Waals surface area contributed by atoms with Crippen LogP contribution in [-0.4, -0.2) is 27.6 Å². The van der Waals surface area contributed by atoms with E-state index in [0.29, 0.717) is 0 Å². The van der Waals surface area contributed by atoms with Gasteiger partial charge in [0.15, 0.2) is 0 Å². The number of hydrogen-bond donors (Lipinski definition) is 2. The van der Waals surface area contributed by atoms with E-state index in [2.05, 4.69) is 0 Å². The zero-order chi connectivity index (χ0) is 5.15. The quantitative estimate of drug-likeness (QED) is 0.508. The van der Waals surface area contributed by atoms with Crippen molar-refractivity contribution in [1.29, 1.82) is 0 Å². The molecule has 6 heteroatoms. The first kappa shape index (κ1) is 15.8. The fraction of sp³-hybridized carbons (Fsp3) is 0. The third-order valence-electron chi connectivity index (χ3n) is 0.183. The average molecular weight is 260 g/mol. The second-order valence-electron chi connectivity index (χ2n) is 0.610. The first-order valence-corrected chi connectivity index (χ1v) is 1.11. The summed E-state index contributed by atoms with van der Waals surface area (Å²) in [6.07, 6.45) is 0. The van der Waals surface area contributed by atoms with Crippen molar-refractivity contribution in [2.24, 2.45) is 0 Å². The maximum atomic E-state index is 9.10. The van der Waals surface area contributed by atoms with Crippen molar-refractivity contribution in [3.05, 3.63) is 0 Å². The fourth-order valence-corrected chi connectivity index (χ4v) is 0. The van der Waals surface area contributed by atoms with Gasteiger partial charge in [-0.15, -0.1) is 0 Å². The zero-order valence-electron chi connectivity index (χ0n) is 3.59. The van der Waals surface area contributed by atoms with Gasteiger partial charge in [-0.1, -0.05) is 0 Å². The van der Waals surface area contributed by atoms with Gasteiger partial charge in [-0.3, -0.25) is 0 Å². The molecule has 0 unspecified atom stereocenters. The van der Waals surface area contributed by atoms with Crippen molar-refractivity contribution in [1.82, 2.24) is 0 Å². The maximum Gasteiger partial charge on any atom is 0.414 e. The number of carbonyl (C=O) groups is 2. The van der Waals surface area contributed by atoms with Crippen LogP contribution in [0, 0.1) is 49.4 Å². The molecule has 0 aromatic heterocycles. The Morgan fingerprint density at radius 3 is 1.12 bits per heavy atom. The van der Waals surface area contributed by atoms with Crippen LogP contribution in [0.5, 0.6) is 0 Å². The second-order valence-corrected chi connectivity index (χ2v) is 0.610. The summed E-state index contributed by atoms with van der Waals surface area (Å²) in [6.45, 7) is 0.